The molecule has 0 spiro atoms. The van der Waals surface area contributed by atoms with Crippen molar-refractivity contribution >= 4 is 97.9 Å². The predicted molar refractivity (Wildman–Crippen MR) is 247 cm³/mol. The number of ether oxygens (including phenoxy) is 2. The lowest BCUT2D eigenvalue weighted by Gasteiger charge is -2.51. The molecule has 2 saturated heterocycles. The summed E-state index contributed by atoms with van der Waals surface area (Å²) in [4.78, 5) is 0. The molecule has 0 radical (unpaired) electrons. The van der Waals surface area contributed by atoms with E-state index in [-0.39, 0.29) is 6.71 Å². The summed E-state index contributed by atoms with van der Waals surface area (Å²) in [5.41, 5.74) is 9.96. The van der Waals surface area contributed by atoms with E-state index in [1.807, 2.05) is 0 Å². The van der Waals surface area contributed by atoms with Gasteiger partial charge in [-0.15, -0.1) is 0 Å². The second-order valence-electron chi connectivity index (χ2n) is 19.5. The van der Waals surface area contributed by atoms with Gasteiger partial charge < -0.3 is 14.0 Å². The standard InChI is InChI=1S/C48H46BNO2Si4/c1-53-17-21-55(3,22-18-53)46-29-40-35(27-44(46)53)49-36-28-45-47(56(4)23-19-54(45,2)20-24-56)30-41(36)52-43-26-31(25-42(51-40)48(43)49)32-11-5-8-14-37(32)50-38-15-9-6-12-33(38)34-13-7-10-16-39(34)50/h5-16,25-30H,17-24H2,1-4H3. The molecule has 9 heterocycles. The molecule has 2 fully saturated rings. The fraction of sp³-hybridized carbons (Fsp3) is 0.250. The van der Waals surface area contributed by atoms with Crippen molar-refractivity contribution in [1.29, 1.82) is 0 Å². The number of benzene rings is 6. The molecule has 0 unspecified atom stereocenters. The van der Waals surface area contributed by atoms with Crippen LogP contribution in [0.4, 0.5) is 0 Å². The number of aromatic nitrogens is 1. The van der Waals surface area contributed by atoms with E-state index in [9.17, 15) is 0 Å². The van der Waals surface area contributed by atoms with Crippen LogP contribution >= 0.6 is 0 Å². The van der Waals surface area contributed by atoms with Crippen LogP contribution in [0.25, 0.3) is 38.6 Å². The number of hydrogen-bond donors (Lipinski definition) is 0. The number of rotatable bonds is 2. The smallest absolute Gasteiger partial charge is 0.260 e. The molecule has 56 heavy (non-hydrogen) atoms. The van der Waals surface area contributed by atoms with Gasteiger partial charge in [-0.1, -0.05) is 162 Å². The van der Waals surface area contributed by atoms with Gasteiger partial charge in [0.1, 0.15) is 23.0 Å². The van der Waals surface area contributed by atoms with Gasteiger partial charge in [-0.3, -0.25) is 0 Å². The number of fused-ring (bicyclic) bond motifs is 11. The lowest BCUT2D eigenvalue weighted by Crippen LogP contribution is -2.73. The van der Waals surface area contributed by atoms with Crippen molar-refractivity contribution in [2.45, 2.75) is 74.5 Å². The third-order valence-electron chi connectivity index (χ3n) is 16.3. The average Bonchev–Trinajstić information content (AvgIpc) is 3.55. The Morgan fingerprint density at radius 3 is 1.36 bits per heavy atom. The van der Waals surface area contributed by atoms with Crippen molar-refractivity contribution < 1.29 is 9.47 Å². The van der Waals surface area contributed by atoms with Crippen LogP contribution < -0.4 is 46.6 Å². The van der Waals surface area contributed by atoms with E-state index in [0.717, 1.165) is 28.6 Å². The first-order chi connectivity index (χ1) is 27.1. The van der Waals surface area contributed by atoms with Crippen LogP contribution in [-0.2, 0) is 0 Å². The highest BCUT2D eigenvalue weighted by atomic mass is 28.3. The molecule has 0 aliphatic carbocycles. The molecule has 1 aromatic heterocycles. The molecule has 7 aromatic rings. The first kappa shape index (κ1) is 32.7. The van der Waals surface area contributed by atoms with Gasteiger partial charge in [-0.2, -0.15) is 0 Å². The van der Waals surface area contributed by atoms with Crippen molar-refractivity contribution in [3.05, 3.63) is 109 Å². The zero-order chi connectivity index (χ0) is 37.3. The third-order valence-corrected chi connectivity index (χ3v) is 36.5. The minimum atomic E-state index is -1.52. The van der Waals surface area contributed by atoms with Gasteiger partial charge in [0.2, 0.25) is 0 Å². The normalized spacial score (nSPS) is 27.2. The minimum Gasteiger partial charge on any atom is -0.458 e. The Kier molecular flexibility index (Phi) is 6.29. The lowest BCUT2D eigenvalue weighted by molar-refractivity contribution is 0.465. The second-order valence-corrected chi connectivity index (χ2v) is 38.2. The zero-order valence-electron chi connectivity index (χ0n) is 32.9. The highest BCUT2D eigenvalue weighted by molar-refractivity contribution is 7.10. The lowest BCUT2D eigenvalue weighted by atomic mass is 9.35. The van der Waals surface area contributed by atoms with Gasteiger partial charge in [0.25, 0.3) is 6.71 Å². The number of para-hydroxylation sites is 3. The van der Waals surface area contributed by atoms with Crippen LogP contribution in [0.3, 0.4) is 0 Å². The maximum absolute atomic E-state index is 7.29. The van der Waals surface area contributed by atoms with Crippen molar-refractivity contribution in [1.82, 2.24) is 4.57 Å². The van der Waals surface area contributed by atoms with Crippen LogP contribution in [0.2, 0.25) is 74.5 Å². The molecular weight excluding hydrogens is 746 g/mol. The van der Waals surface area contributed by atoms with Crippen molar-refractivity contribution in [2.75, 3.05) is 0 Å². The van der Waals surface area contributed by atoms with Crippen LogP contribution in [0.15, 0.2) is 109 Å². The molecular formula is C48H46BNO2Si4. The van der Waals surface area contributed by atoms with E-state index in [1.165, 1.54) is 97.8 Å². The van der Waals surface area contributed by atoms with Gasteiger partial charge in [0.15, 0.2) is 0 Å². The Bertz CT molecular complexity index is 2750. The van der Waals surface area contributed by atoms with Gasteiger partial charge in [0.05, 0.1) is 49.0 Å². The maximum atomic E-state index is 7.29. The Morgan fingerprint density at radius 2 is 0.875 bits per heavy atom. The molecule has 274 valence electrons. The quantitative estimate of drug-likeness (QED) is 0.165. The SMILES string of the molecule is C[Si]12CC[Si](C)(CC1)c1cc3c(cc12)Oc1cc(-c2ccccc2-n2c4ccccc4c4ccccc42)cc2c1B3c1cc3c(cc1O2)[Si]1(C)CC[Si]3(C)CC1. The Labute approximate surface area is 333 Å². The molecule has 0 saturated carbocycles. The van der Waals surface area contributed by atoms with E-state index in [4.69, 9.17) is 9.47 Å². The summed E-state index contributed by atoms with van der Waals surface area (Å²) in [5, 5.41) is 9.57. The monoisotopic (exact) mass is 791 g/mol. The second kappa shape index (κ2) is 10.8. The third kappa shape index (κ3) is 4.13. The van der Waals surface area contributed by atoms with Gasteiger partial charge >= 0.3 is 0 Å². The number of hydrogen-bond acceptors (Lipinski definition) is 2. The van der Waals surface area contributed by atoms with Gasteiger partial charge in [-0.05, 0) is 59.0 Å². The Hall–Kier alpha value is -4.35. The molecule has 0 amide bonds. The maximum Gasteiger partial charge on any atom is 0.260 e. The van der Waals surface area contributed by atoms with E-state index in [0.29, 0.717) is 0 Å². The summed E-state index contributed by atoms with van der Waals surface area (Å²) in [5.74, 6) is 4.15. The average molecular weight is 792 g/mol. The predicted octanol–water partition coefficient (Wildman–Crippen LogP) is 8.38. The van der Waals surface area contributed by atoms with Crippen LogP contribution in [0.1, 0.15) is 0 Å². The molecule has 0 atom stereocenters. The molecule has 15 rings (SSSR count). The largest absolute Gasteiger partial charge is 0.458 e. The molecule has 8 aliphatic rings. The summed E-state index contributed by atoms with van der Waals surface area (Å²) in [6.07, 6.45) is 0. The highest BCUT2D eigenvalue weighted by Gasteiger charge is 2.54. The molecule has 8 heteroatoms. The molecule has 6 aromatic carbocycles. The Morgan fingerprint density at radius 1 is 0.464 bits per heavy atom. The summed E-state index contributed by atoms with van der Waals surface area (Å²) in [7, 11) is -6.07. The van der Waals surface area contributed by atoms with Crippen molar-refractivity contribution in [2.24, 2.45) is 0 Å². The summed E-state index contributed by atoms with van der Waals surface area (Å²) < 4.78 is 17.0. The fourth-order valence-corrected chi connectivity index (χ4v) is 41.9. The van der Waals surface area contributed by atoms with Gasteiger partial charge in [0, 0.05) is 21.8 Å². The first-order valence-electron chi connectivity index (χ1n) is 21.1. The fourth-order valence-electron chi connectivity index (χ4n) is 12.6. The molecule has 8 aliphatic heterocycles. The summed E-state index contributed by atoms with van der Waals surface area (Å²) in [6.45, 7) is 10.9. The number of nitrogens with zero attached hydrogens (tertiary/aromatic N) is 1. The van der Waals surface area contributed by atoms with E-state index >= 15 is 0 Å². The molecule has 0 N–H and O–H groups in total. The van der Waals surface area contributed by atoms with Gasteiger partial charge in [-0.25, -0.2) is 0 Å². The molecule has 4 bridgehead atoms. The van der Waals surface area contributed by atoms with E-state index < -0.39 is 32.3 Å². The first-order valence-corrected chi connectivity index (χ1v) is 32.8. The van der Waals surface area contributed by atoms with E-state index in [1.54, 1.807) is 20.7 Å². The van der Waals surface area contributed by atoms with E-state index in [2.05, 4.69) is 140 Å². The van der Waals surface area contributed by atoms with Crippen LogP contribution in [-0.4, -0.2) is 43.6 Å². The van der Waals surface area contributed by atoms with Crippen LogP contribution in [0.5, 0.6) is 23.0 Å². The highest BCUT2D eigenvalue weighted by Crippen LogP contribution is 2.45. The van der Waals surface area contributed by atoms with Crippen molar-refractivity contribution in [3.63, 3.8) is 0 Å². The molecule has 3 nitrogen and oxygen atoms in total. The van der Waals surface area contributed by atoms with Crippen LogP contribution in [0, 0.1) is 0 Å². The minimum absolute atomic E-state index is 0.129. The zero-order valence-corrected chi connectivity index (χ0v) is 36.9. The summed E-state index contributed by atoms with van der Waals surface area (Å²) in [6, 6.07) is 53.6. The topological polar surface area (TPSA) is 23.4 Å². The summed E-state index contributed by atoms with van der Waals surface area (Å²) >= 11 is 0. The van der Waals surface area contributed by atoms with Crippen molar-refractivity contribution in [3.8, 4) is 39.8 Å². The Balaban J connectivity index is 1.06.